The summed E-state index contributed by atoms with van der Waals surface area (Å²) in [6.07, 6.45) is -6.76. The molecule has 0 aliphatic carbocycles. The van der Waals surface area contributed by atoms with Crippen LogP contribution in [0.5, 0.6) is 0 Å². The summed E-state index contributed by atoms with van der Waals surface area (Å²) >= 11 is 0. The molecule has 6 aliphatic heterocycles. The number of nitrogens with one attached hydrogen (secondary N) is 4. The van der Waals surface area contributed by atoms with Gasteiger partial charge in [-0.15, -0.1) is 0 Å². The number of nitrogens with zero attached hydrogens (tertiary/aromatic N) is 8. The lowest BCUT2D eigenvalue weighted by Gasteiger charge is -2.48. The number of halogens is 8. The van der Waals surface area contributed by atoms with E-state index in [1.54, 1.807) is 48.8 Å². The molecule has 4 bridgehead atoms. The number of rotatable bonds is 21. The molecular formula is C60H74F8N12O9. The highest BCUT2D eigenvalue weighted by molar-refractivity contribution is 5.87. The van der Waals surface area contributed by atoms with Gasteiger partial charge in [-0.1, -0.05) is 24.3 Å². The molecule has 4 aromatic rings. The number of benzene rings is 2. The number of pyridine rings is 1. The lowest BCUT2D eigenvalue weighted by atomic mass is 9.82. The van der Waals surface area contributed by atoms with Gasteiger partial charge in [-0.2, -0.15) is 26.3 Å². The first-order chi connectivity index (χ1) is 42.1. The quantitative estimate of drug-likeness (QED) is 0.0467. The van der Waals surface area contributed by atoms with Gasteiger partial charge in [0.15, 0.2) is 0 Å². The number of aromatic nitrogens is 3. The summed E-state index contributed by atoms with van der Waals surface area (Å²) in [5, 5.41) is 19.1. The van der Waals surface area contributed by atoms with Gasteiger partial charge in [-0.25, -0.2) is 38.3 Å². The van der Waals surface area contributed by atoms with Crippen LogP contribution in [0.2, 0.25) is 0 Å². The Morgan fingerprint density at radius 2 is 1.08 bits per heavy atom. The van der Waals surface area contributed by atoms with Crippen molar-refractivity contribution in [2.24, 2.45) is 10.8 Å². The monoisotopic (exact) mass is 1260 g/mol. The number of hydrazine groups is 1. The lowest BCUT2D eigenvalue weighted by molar-refractivity contribution is -0.221. The number of piperazine rings is 2. The fraction of sp³-hybridized carbons (Fsp3) is 0.583. The molecule has 2 aromatic heterocycles. The summed E-state index contributed by atoms with van der Waals surface area (Å²) in [7, 11) is 1.69. The Morgan fingerprint density at radius 1 is 0.618 bits per heavy atom. The SMILES string of the molecule is COC(=O)NC(C(=O)N[C@@H](Cc1ccc(-c2cnc(N3CC4CCC(C3)N4C3COC3)nc2)cc1)[C@@H](O)CN(Cc1c(F)cc(-c2ccc(N3CC4CCC(C3)N4C3COC3)nc2)cc1F)NC(=O)[C@@H](NC(=O)OC)C(C)(C)C(F)(F)F)C(C)(C)C(F)(F)F. The first-order valence-electron chi connectivity index (χ1n) is 29.6. The van der Waals surface area contributed by atoms with Crippen LogP contribution < -0.4 is 31.2 Å². The van der Waals surface area contributed by atoms with Crippen molar-refractivity contribution < 1.29 is 78.4 Å². The minimum Gasteiger partial charge on any atom is -0.453 e. The number of ether oxygens (including phenoxy) is 4. The number of alkyl halides is 6. The van der Waals surface area contributed by atoms with E-state index in [2.05, 4.69) is 54.8 Å². The van der Waals surface area contributed by atoms with Crippen molar-refractivity contribution in [3.63, 3.8) is 0 Å². The molecule has 6 saturated heterocycles. The molecule has 2 aromatic carbocycles. The molecule has 0 saturated carbocycles. The van der Waals surface area contributed by atoms with Crippen molar-refractivity contribution in [3.8, 4) is 22.3 Å². The van der Waals surface area contributed by atoms with Gasteiger partial charge in [0.2, 0.25) is 11.9 Å². The van der Waals surface area contributed by atoms with Crippen LogP contribution in [0, 0.1) is 22.5 Å². The van der Waals surface area contributed by atoms with Crippen molar-refractivity contribution in [3.05, 3.63) is 89.9 Å². The van der Waals surface area contributed by atoms with E-state index in [-0.39, 0.29) is 5.56 Å². The number of carbonyl (C=O) groups is 4. The summed E-state index contributed by atoms with van der Waals surface area (Å²) < 4.78 is 142. The normalized spacial score (nSPS) is 22.4. The summed E-state index contributed by atoms with van der Waals surface area (Å²) in [6.45, 7) is 6.25. The molecule has 5 unspecified atom stereocenters. The first-order valence-corrected chi connectivity index (χ1v) is 29.6. The lowest BCUT2D eigenvalue weighted by Crippen LogP contribution is -2.63. The molecule has 10 rings (SSSR count). The molecule has 6 aliphatic rings. The molecule has 89 heavy (non-hydrogen) atoms. The number of alkyl carbamates (subject to hydrolysis) is 2. The van der Waals surface area contributed by atoms with Crippen molar-refractivity contribution in [1.82, 2.24) is 51.1 Å². The Hall–Kier alpha value is -7.05. The largest absolute Gasteiger partial charge is 0.453 e. The number of aliphatic hydroxyl groups excluding tert-OH is 1. The molecule has 5 N–H and O–H groups in total. The van der Waals surface area contributed by atoms with E-state index < -0.39 is 108 Å². The summed E-state index contributed by atoms with van der Waals surface area (Å²) in [4.78, 5) is 77.1. The van der Waals surface area contributed by atoms with Crippen LogP contribution in [0.25, 0.3) is 22.3 Å². The number of hydrogen-bond acceptors (Lipinski definition) is 17. The van der Waals surface area contributed by atoms with Crippen LogP contribution in [0.4, 0.5) is 56.5 Å². The van der Waals surface area contributed by atoms with Crippen molar-refractivity contribution in [2.45, 2.75) is 139 Å². The molecule has 29 heteroatoms. The fourth-order valence-corrected chi connectivity index (χ4v) is 12.9. The van der Waals surface area contributed by atoms with Gasteiger partial charge in [-0.05, 0) is 101 Å². The second-order valence-electron chi connectivity index (χ2n) is 25.0. The van der Waals surface area contributed by atoms with E-state index in [0.717, 1.165) is 91.4 Å². The van der Waals surface area contributed by atoms with Gasteiger partial charge >= 0.3 is 24.5 Å². The van der Waals surface area contributed by atoms with Gasteiger partial charge in [0.25, 0.3) is 5.91 Å². The van der Waals surface area contributed by atoms with E-state index in [1.165, 1.54) is 6.20 Å². The van der Waals surface area contributed by atoms with E-state index in [9.17, 15) is 50.6 Å². The van der Waals surface area contributed by atoms with Crippen molar-refractivity contribution in [2.75, 3.05) is 83.2 Å². The third-order valence-corrected chi connectivity index (χ3v) is 18.5. The highest BCUT2D eigenvalue weighted by Crippen LogP contribution is 2.43. The number of carbonyl (C=O) groups excluding carboxylic acids is 4. The van der Waals surface area contributed by atoms with Crippen molar-refractivity contribution in [1.29, 1.82) is 0 Å². The highest BCUT2D eigenvalue weighted by atomic mass is 19.4. The van der Waals surface area contributed by atoms with Gasteiger partial charge < -0.3 is 49.8 Å². The Morgan fingerprint density at radius 3 is 1.52 bits per heavy atom. The maximum Gasteiger partial charge on any atom is 0.407 e. The number of methoxy groups -OCH3 is 2. The van der Waals surface area contributed by atoms with Gasteiger partial charge in [0.05, 0.1) is 75.7 Å². The zero-order chi connectivity index (χ0) is 63.9. The molecule has 484 valence electrons. The number of amides is 4. The number of anilines is 2. The van der Waals surface area contributed by atoms with Gasteiger partial charge in [0.1, 0.15) is 29.5 Å². The Labute approximate surface area is 509 Å². The first kappa shape index (κ1) is 64.9. The molecule has 8 heterocycles. The average molecular weight is 1260 g/mol. The molecule has 21 nitrogen and oxygen atoms in total. The number of fused-ring (bicyclic) bond motifs is 4. The van der Waals surface area contributed by atoms with Crippen LogP contribution in [0.15, 0.2) is 67.1 Å². The molecule has 4 amide bonds. The third-order valence-electron chi connectivity index (χ3n) is 18.5. The topological polar surface area (TPSA) is 228 Å². The predicted octanol–water partition coefficient (Wildman–Crippen LogP) is 6.14. The number of aliphatic hydroxyl groups is 1. The molecule has 0 spiro atoms. The smallest absolute Gasteiger partial charge is 0.407 e. The molecule has 0 radical (unpaired) electrons. The van der Waals surface area contributed by atoms with Gasteiger partial charge in [0, 0.05) is 98.7 Å². The van der Waals surface area contributed by atoms with Crippen LogP contribution in [-0.2, 0) is 41.5 Å². The van der Waals surface area contributed by atoms with E-state index >= 15 is 8.78 Å². The standard InChI is InChI=1S/C60H74F8N12O9/c1-57(2,59(63,64)65)50(73-55(84)86-5)52(82)72-47(17-33-7-9-34(10-8-33)37-21-70-54(71-22-37)77-25-40-14-15-41(26-77)80(40)43-31-89-32-43)48(81)28-78(75-53(83)51(74-56(85)87-6)58(3,4)60(66,67)68)27-44-45(61)18-36(19-46(44)62)35-11-16-49(69-20-35)76-23-38-12-13-39(24-76)79(38)42-29-88-30-42/h7-11,16,18-22,38-43,47-48,50-51,81H,12-15,17,23-32H2,1-6H3,(H,72,82)(H,73,84)(H,74,85)(H,75,83)/t38?,39?,40?,41?,47-,48-,50?,51+/m0/s1. The predicted molar refractivity (Wildman–Crippen MR) is 307 cm³/mol. The Kier molecular flexibility index (Phi) is 19.0. The van der Waals surface area contributed by atoms with Crippen LogP contribution >= 0.6 is 0 Å². The summed E-state index contributed by atoms with van der Waals surface area (Å²) in [5.41, 5.74) is -2.77. The van der Waals surface area contributed by atoms with Crippen LogP contribution in [0.1, 0.15) is 64.5 Å². The van der Waals surface area contributed by atoms with E-state index in [1.807, 2.05) is 10.6 Å². The van der Waals surface area contributed by atoms with E-state index in [0.29, 0.717) is 116 Å². The number of hydrogen-bond donors (Lipinski definition) is 5. The molecular weight excluding hydrogens is 1180 g/mol. The zero-order valence-corrected chi connectivity index (χ0v) is 50.0. The maximum atomic E-state index is 16.6. The Bertz CT molecular complexity index is 3130. The summed E-state index contributed by atoms with van der Waals surface area (Å²) in [6, 6.07) is 7.32. The van der Waals surface area contributed by atoms with Crippen molar-refractivity contribution >= 4 is 35.8 Å². The third kappa shape index (κ3) is 13.8. The molecule has 8 atom stereocenters. The minimum atomic E-state index is -5.19. The van der Waals surface area contributed by atoms with Crippen LogP contribution in [-0.4, -0.2) is 205 Å². The minimum absolute atomic E-state index is 0.0360. The zero-order valence-electron chi connectivity index (χ0n) is 50.0. The second kappa shape index (κ2) is 26.0. The second-order valence-corrected chi connectivity index (χ2v) is 25.0. The fourth-order valence-electron chi connectivity index (χ4n) is 12.9. The van der Waals surface area contributed by atoms with E-state index in [4.69, 9.17) is 9.47 Å². The Balaban J connectivity index is 0.924. The maximum absolute atomic E-state index is 16.6. The summed E-state index contributed by atoms with van der Waals surface area (Å²) in [5.74, 6) is -4.31. The average Bonchev–Trinajstić information content (AvgIpc) is 1.96. The molecule has 6 fully saturated rings. The van der Waals surface area contributed by atoms with Crippen LogP contribution in [0.3, 0.4) is 0 Å². The van der Waals surface area contributed by atoms with Gasteiger partial charge in [-0.3, -0.25) is 24.8 Å². The highest BCUT2D eigenvalue weighted by Gasteiger charge is 2.58.